The van der Waals surface area contributed by atoms with E-state index in [1.165, 1.54) is 5.56 Å². The Labute approximate surface area is 126 Å². The molecule has 0 aromatic heterocycles. The normalized spacial score (nSPS) is 10.7. The summed E-state index contributed by atoms with van der Waals surface area (Å²) < 4.78 is 0. The van der Waals surface area contributed by atoms with E-state index in [0.717, 1.165) is 5.56 Å². The Bertz CT molecular complexity index is 617. The van der Waals surface area contributed by atoms with Crippen LogP contribution in [0.4, 0.5) is 5.69 Å². The zero-order valence-electron chi connectivity index (χ0n) is 12.8. The van der Waals surface area contributed by atoms with Crippen LogP contribution in [-0.4, -0.2) is 17.9 Å². The third kappa shape index (κ3) is 3.85. The highest BCUT2D eigenvalue weighted by Crippen LogP contribution is 2.16. The number of anilines is 1. The Morgan fingerprint density at radius 1 is 1.14 bits per heavy atom. The maximum Gasteiger partial charge on any atom is 0.253 e. The van der Waals surface area contributed by atoms with Crippen LogP contribution in [0.1, 0.15) is 41.3 Å². The number of hydrogen-bond acceptors (Lipinski definition) is 2. The zero-order chi connectivity index (χ0) is 15.4. The Morgan fingerprint density at radius 2 is 1.81 bits per heavy atom. The molecule has 110 valence electrons. The van der Waals surface area contributed by atoms with Crippen LogP contribution in [0.3, 0.4) is 0 Å². The molecular formula is C18H22N2O. The van der Waals surface area contributed by atoms with Gasteiger partial charge in [0.2, 0.25) is 0 Å². The van der Waals surface area contributed by atoms with Gasteiger partial charge < -0.3 is 10.6 Å². The molecule has 0 fully saturated rings. The fraction of sp³-hybridized carbons (Fsp3) is 0.278. The van der Waals surface area contributed by atoms with Crippen LogP contribution >= 0.6 is 0 Å². The minimum absolute atomic E-state index is 0.0183. The molecule has 0 unspecified atom stereocenters. The first-order chi connectivity index (χ1) is 9.97. The average molecular weight is 282 g/mol. The SMILES string of the molecule is CC(C)c1ccc(CN(C)C(=O)c2cccc(N)c2)cc1. The van der Waals surface area contributed by atoms with E-state index in [9.17, 15) is 4.79 Å². The lowest BCUT2D eigenvalue weighted by Gasteiger charge is -2.18. The quantitative estimate of drug-likeness (QED) is 0.870. The van der Waals surface area contributed by atoms with E-state index >= 15 is 0 Å². The summed E-state index contributed by atoms with van der Waals surface area (Å²) in [5, 5.41) is 0. The van der Waals surface area contributed by atoms with Crippen molar-refractivity contribution in [2.45, 2.75) is 26.3 Å². The van der Waals surface area contributed by atoms with E-state index in [-0.39, 0.29) is 5.91 Å². The Morgan fingerprint density at radius 3 is 2.38 bits per heavy atom. The second kappa shape index (κ2) is 6.44. The fourth-order valence-electron chi connectivity index (χ4n) is 2.25. The molecule has 3 nitrogen and oxygen atoms in total. The molecular weight excluding hydrogens is 260 g/mol. The maximum absolute atomic E-state index is 12.3. The first kappa shape index (κ1) is 15.1. The molecule has 0 spiro atoms. The molecule has 2 N–H and O–H groups in total. The molecule has 21 heavy (non-hydrogen) atoms. The van der Waals surface area contributed by atoms with Crippen LogP contribution in [0.2, 0.25) is 0 Å². The molecule has 1 amide bonds. The van der Waals surface area contributed by atoms with Crippen molar-refractivity contribution in [2.24, 2.45) is 0 Å². The number of hydrogen-bond donors (Lipinski definition) is 1. The fourth-order valence-corrected chi connectivity index (χ4v) is 2.25. The average Bonchev–Trinajstić information content (AvgIpc) is 2.47. The lowest BCUT2D eigenvalue weighted by molar-refractivity contribution is 0.0785. The summed E-state index contributed by atoms with van der Waals surface area (Å²) >= 11 is 0. The van der Waals surface area contributed by atoms with Crippen LogP contribution in [0, 0.1) is 0 Å². The van der Waals surface area contributed by atoms with E-state index in [2.05, 4.69) is 38.1 Å². The number of rotatable bonds is 4. The topological polar surface area (TPSA) is 46.3 Å². The number of nitrogens with zero attached hydrogens (tertiary/aromatic N) is 1. The summed E-state index contributed by atoms with van der Waals surface area (Å²) in [5.74, 6) is 0.501. The number of nitrogens with two attached hydrogens (primary N) is 1. The molecule has 0 aliphatic rings. The maximum atomic E-state index is 12.3. The molecule has 3 heteroatoms. The summed E-state index contributed by atoms with van der Waals surface area (Å²) in [6.07, 6.45) is 0. The van der Waals surface area contributed by atoms with Gasteiger partial charge in [-0.3, -0.25) is 4.79 Å². The van der Waals surface area contributed by atoms with E-state index in [0.29, 0.717) is 23.7 Å². The first-order valence-corrected chi connectivity index (χ1v) is 7.17. The highest BCUT2D eigenvalue weighted by Gasteiger charge is 2.12. The van der Waals surface area contributed by atoms with Crippen molar-refractivity contribution in [1.82, 2.24) is 4.90 Å². The summed E-state index contributed by atoms with van der Waals surface area (Å²) in [6, 6.07) is 15.5. The number of carbonyl (C=O) groups excluding carboxylic acids is 1. The van der Waals surface area contributed by atoms with Crippen LogP contribution in [-0.2, 0) is 6.54 Å². The standard InChI is InChI=1S/C18H22N2O/c1-13(2)15-9-7-14(8-10-15)12-20(3)18(21)16-5-4-6-17(19)11-16/h4-11,13H,12,19H2,1-3H3. The van der Waals surface area contributed by atoms with Gasteiger partial charge in [0, 0.05) is 24.8 Å². The van der Waals surface area contributed by atoms with Crippen LogP contribution < -0.4 is 5.73 Å². The third-order valence-electron chi connectivity index (χ3n) is 3.55. The number of carbonyl (C=O) groups is 1. The first-order valence-electron chi connectivity index (χ1n) is 7.17. The zero-order valence-corrected chi connectivity index (χ0v) is 12.8. The van der Waals surface area contributed by atoms with Gasteiger partial charge in [-0.15, -0.1) is 0 Å². The highest BCUT2D eigenvalue weighted by molar-refractivity contribution is 5.94. The van der Waals surface area contributed by atoms with Crippen LogP contribution in [0.25, 0.3) is 0 Å². The van der Waals surface area contributed by atoms with Crippen molar-refractivity contribution in [3.63, 3.8) is 0 Å². The smallest absolute Gasteiger partial charge is 0.253 e. The molecule has 0 atom stereocenters. The van der Waals surface area contributed by atoms with Crippen molar-refractivity contribution in [3.05, 3.63) is 65.2 Å². The van der Waals surface area contributed by atoms with Crippen LogP contribution in [0.5, 0.6) is 0 Å². The van der Waals surface area contributed by atoms with Gasteiger partial charge in [0.25, 0.3) is 5.91 Å². The van der Waals surface area contributed by atoms with E-state index in [4.69, 9.17) is 5.73 Å². The molecule has 0 bridgehead atoms. The Hall–Kier alpha value is -2.29. The molecule has 0 radical (unpaired) electrons. The minimum Gasteiger partial charge on any atom is -0.399 e. The monoisotopic (exact) mass is 282 g/mol. The summed E-state index contributed by atoms with van der Waals surface area (Å²) in [6.45, 7) is 4.93. The molecule has 2 aromatic carbocycles. The lowest BCUT2D eigenvalue weighted by Crippen LogP contribution is -2.26. The van der Waals surface area contributed by atoms with Gasteiger partial charge in [-0.1, -0.05) is 44.2 Å². The van der Waals surface area contributed by atoms with E-state index in [1.807, 2.05) is 7.05 Å². The van der Waals surface area contributed by atoms with Crippen molar-refractivity contribution >= 4 is 11.6 Å². The number of benzene rings is 2. The van der Waals surface area contributed by atoms with Crippen LogP contribution in [0.15, 0.2) is 48.5 Å². The van der Waals surface area contributed by atoms with Gasteiger partial charge in [-0.25, -0.2) is 0 Å². The van der Waals surface area contributed by atoms with E-state index in [1.54, 1.807) is 29.2 Å². The Balaban J connectivity index is 2.07. The molecule has 0 aliphatic carbocycles. The van der Waals surface area contributed by atoms with Crippen molar-refractivity contribution < 1.29 is 4.79 Å². The van der Waals surface area contributed by atoms with Gasteiger partial charge in [0.15, 0.2) is 0 Å². The summed E-state index contributed by atoms with van der Waals surface area (Å²) in [7, 11) is 1.81. The molecule has 0 saturated heterocycles. The third-order valence-corrected chi connectivity index (χ3v) is 3.55. The second-order valence-corrected chi connectivity index (χ2v) is 5.68. The van der Waals surface area contributed by atoms with Crippen molar-refractivity contribution in [3.8, 4) is 0 Å². The molecule has 0 aliphatic heterocycles. The molecule has 2 aromatic rings. The van der Waals surface area contributed by atoms with Crippen molar-refractivity contribution in [1.29, 1.82) is 0 Å². The molecule has 0 saturated carbocycles. The predicted octanol–water partition coefficient (Wildman–Crippen LogP) is 3.66. The van der Waals surface area contributed by atoms with Gasteiger partial charge in [0.1, 0.15) is 0 Å². The Kier molecular flexibility index (Phi) is 4.63. The largest absolute Gasteiger partial charge is 0.399 e. The highest BCUT2D eigenvalue weighted by atomic mass is 16.2. The van der Waals surface area contributed by atoms with Gasteiger partial charge in [-0.05, 0) is 35.2 Å². The summed E-state index contributed by atoms with van der Waals surface area (Å²) in [4.78, 5) is 14.1. The van der Waals surface area contributed by atoms with E-state index < -0.39 is 0 Å². The number of amides is 1. The van der Waals surface area contributed by atoms with Gasteiger partial charge in [0.05, 0.1) is 0 Å². The van der Waals surface area contributed by atoms with Crippen molar-refractivity contribution in [2.75, 3.05) is 12.8 Å². The number of nitrogen functional groups attached to an aromatic ring is 1. The lowest BCUT2D eigenvalue weighted by atomic mass is 10.0. The molecule has 0 heterocycles. The minimum atomic E-state index is -0.0183. The predicted molar refractivity (Wildman–Crippen MR) is 87.2 cm³/mol. The van der Waals surface area contributed by atoms with Gasteiger partial charge in [-0.2, -0.15) is 0 Å². The second-order valence-electron chi connectivity index (χ2n) is 5.68. The molecule has 2 rings (SSSR count). The summed E-state index contributed by atoms with van der Waals surface area (Å²) in [5.41, 5.74) is 9.38. The van der Waals surface area contributed by atoms with Gasteiger partial charge >= 0.3 is 0 Å².